The molecule has 224 valence electrons. The molecule has 0 aliphatic carbocycles. The van der Waals surface area contributed by atoms with Gasteiger partial charge >= 0.3 is 12.1 Å². The van der Waals surface area contributed by atoms with Gasteiger partial charge in [0.15, 0.2) is 0 Å². The molecule has 2 saturated heterocycles. The fourth-order valence-corrected chi connectivity index (χ4v) is 6.32. The predicted octanol–water partition coefficient (Wildman–Crippen LogP) is 5.47. The first-order valence-electron chi connectivity index (χ1n) is 14.4. The summed E-state index contributed by atoms with van der Waals surface area (Å²) < 4.78 is 55.8. The number of alkyl halides is 3. The monoisotopic (exact) mass is 577 g/mol. The van der Waals surface area contributed by atoms with Crippen molar-refractivity contribution in [2.24, 2.45) is 5.92 Å². The first-order chi connectivity index (χ1) is 19.7. The van der Waals surface area contributed by atoms with Crippen LogP contribution >= 0.6 is 0 Å². The average molecular weight is 578 g/mol. The fraction of sp³-hybridized carbons (Fsp3) is 0.600. The van der Waals surface area contributed by atoms with Crippen LogP contribution in [-0.4, -0.2) is 80.2 Å². The van der Waals surface area contributed by atoms with Crippen LogP contribution in [0.5, 0.6) is 17.4 Å². The van der Waals surface area contributed by atoms with Crippen LogP contribution in [0.15, 0.2) is 30.5 Å². The molecule has 1 aromatic heterocycles. The Balaban J connectivity index is 1.18. The Kier molecular flexibility index (Phi) is 9.11. The van der Waals surface area contributed by atoms with Crippen molar-refractivity contribution in [3.05, 3.63) is 41.6 Å². The van der Waals surface area contributed by atoms with Crippen LogP contribution in [-0.2, 0) is 4.79 Å². The van der Waals surface area contributed by atoms with Gasteiger partial charge in [0.05, 0.1) is 39.5 Å². The summed E-state index contributed by atoms with van der Waals surface area (Å²) in [7, 11) is 1.64. The van der Waals surface area contributed by atoms with Crippen molar-refractivity contribution in [1.29, 1.82) is 0 Å². The van der Waals surface area contributed by atoms with Crippen LogP contribution in [0.4, 0.5) is 18.9 Å². The third kappa shape index (κ3) is 7.55. The lowest BCUT2D eigenvalue weighted by atomic mass is 9.87. The van der Waals surface area contributed by atoms with Gasteiger partial charge in [0.2, 0.25) is 5.88 Å². The molecule has 1 unspecified atom stereocenters. The number of rotatable bonds is 9. The van der Waals surface area contributed by atoms with Crippen LogP contribution in [0.2, 0.25) is 0 Å². The zero-order valence-electron chi connectivity index (χ0n) is 23.4. The van der Waals surface area contributed by atoms with Crippen molar-refractivity contribution < 1.29 is 37.3 Å². The third-order valence-corrected chi connectivity index (χ3v) is 8.55. The standard InChI is InChI=1S/C30H38F3N3O5/c1-39-23-2-3-24(21-6-9-35(10-7-21)19-30(31,32)33)26(15-23)36-11-4-20(5-12-36)18-41-28-16-25-22(14-29(37)38)8-13-40-27(25)17-34-28/h2-3,15-17,20-22H,4-14,18-19H2,1H3,(H,37,38). The lowest BCUT2D eigenvalue weighted by molar-refractivity contribution is -0.148. The maximum Gasteiger partial charge on any atom is 0.401 e. The van der Waals surface area contributed by atoms with E-state index in [1.54, 1.807) is 13.3 Å². The number of aliphatic carboxylic acids is 1. The molecule has 0 saturated carbocycles. The number of ether oxygens (including phenoxy) is 3. The lowest BCUT2D eigenvalue weighted by Crippen LogP contribution is -2.40. The number of hydrogen-bond acceptors (Lipinski definition) is 7. The summed E-state index contributed by atoms with van der Waals surface area (Å²) in [6.45, 7) is 2.72. The summed E-state index contributed by atoms with van der Waals surface area (Å²) in [5, 5.41) is 9.27. The van der Waals surface area contributed by atoms with Crippen molar-refractivity contribution in [3.63, 3.8) is 0 Å². The minimum absolute atomic E-state index is 0.0528. The molecular weight excluding hydrogens is 539 g/mol. The number of carboxylic acid groups (broad SMARTS) is 1. The quantitative estimate of drug-likeness (QED) is 0.420. The molecule has 41 heavy (non-hydrogen) atoms. The van der Waals surface area contributed by atoms with Crippen LogP contribution in [0.3, 0.4) is 0 Å². The van der Waals surface area contributed by atoms with Crippen molar-refractivity contribution in [3.8, 4) is 17.4 Å². The maximum atomic E-state index is 12.9. The van der Waals surface area contributed by atoms with Crippen molar-refractivity contribution in [2.45, 2.75) is 56.5 Å². The number of likely N-dealkylation sites (tertiary alicyclic amines) is 1. The number of piperidine rings is 2. The number of pyridine rings is 1. The van der Waals surface area contributed by atoms with Gasteiger partial charge in [0.1, 0.15) is 11.5 Å². The first kappa shape index (κ1) is 29.3. The van der Waals surface area contributed by atoms with E-state index in [0.29, 0.717) is 63.1 Å². The number of fused-ring (bicyclic) bond motifs is 1. The van der Waals surface area contributed by atoms with E-state index >= 15 is 0 Å². The van der Waals surface area contributed by atoms with E-state index < -0.39 is 18.7 Å². The number of aromatic nitrogens is 1. The molecule has 1 aromatic carbocycles. The minimum Gasteiger partial charge on any atom is -0.497 e. The maximum absolute atomic E-state index is 12.9. The molecule has 4 heterocycles. The highest BCUT2D eigenvalue weighted by atomic mass is 19.4. The van der Waals surface area contributed by atoms with Gasteiger partial charge in [-0.1, -0.05) is 6.07 Å². The van der Waals surface area contributed by atoms with Crippen molar-refractivity contribution in [2.75, 3.05) is 57.9 Å². The van der Waals surface area contributed by atoms with Gasteiger partial charge in [-0.2, -0.15) is 13.2 Å². The lowest BCUT2D eigenvalue weighted by Gasteiger charge is -2.38. The summed E-state index contributed by atoms with van der Waals surface area (Å²) in [4.78, 5) is 19.5. The van der Waals surface area contributed by atoms with Gasteiger partial charge in [-0.15, -0.1) is 0 Å². The van der Waals surface area contributed by atoms with Gasteiger partial charge in [-0.3, -0.25) is 9.69 Å². The summed E-state index contributed by atoms with van der Waals surface area (Å²) in [5.41, 5.74) is 3.13. The number of carboxylic acids is 1. The second-order valence-corrected chi connectivity index (χ2v) is 11.3. The Morgan fingerprint density at radius 1 is 1.07 bits per heavy atom. The molecule has 3 aliphatic rings. The Morgan fingerprint density at radius 2 is 1.83 bits per heavy atom. The van der Waals surface area contributed by atoms with Gasteiger partial charge in [-0.25, -0.2) is 4.98 Å². The van der Waals surface area contributed by atoms with E-state index in [1.807, 2.05) is 12.1 Å². The Morgan fingerprint density at radius 3 is 2.51 bits per heavy atom. The van der Waals surface area contributed by atoms with E-state index in [-0.39, 0.29) is 18.3 Å². The molecule has 0 bridgehead atoms. The Hall–Kier alpha value is -3.21. The molecule has 2 fully saturated rings. The number of carbonyl (C=O) groups is 1. The predicted molar refractivity (Wildman–Crippen MR) is 147 cm³/mol. The zero-order valence-corrected chi connectivity index (χ0v) is 23.4. The van der Waals surface area contributed by atoms with Gasteiger partial charge in [0.25, 0.3) is 0 Å². The van der Waals surface area contributed by atoms with Crippen molar-refractivity contribution >= 4 is 11.7 Å². The molecule has 1 N–H and O–H groups in total. The highest BCUT2D eigenvalue weighted by molar-refractivity contribution is 5.68. The van der Waals surface area contributed by atoms with Crippen molar-refractivity contribution in [1.82, 2.24) is 9.88 Å². The third-order valence-electron chi connectivity index (χ3n) is 8.55. The van der Waals surface area contributed by atoms with Crippen LogP contribution < -0.4 is 19.1 Å². The van der Waals surface area contributed by atoms with Gasteiger partial charge in [-0.05, 0) is 68.7 Å². The summed E-state index contributed by atoms with van der Waals surface area (Å²) in [6, 6.07) is 7.90. The summed E-state index contributed by atoms with van der Waals surface area (Å²) in [6.07, 6.45) is 1.42. The van der Waals surface area contributed by atoms with E-state index in [2.05, 4.69) is 22.0 Å². The van der Waals surface area contributed by atoms with E-state index in [9.17, 15) is 23.1 Å². The molecule has 11 heteroatoms. The number of methoxy groups -OCH3 is 1. The molecule has 0 spiro atoms. The SMILES string of the molecule is COc1ccc(C2CCN(CC(F)(F)F)CC2)c(N2CCC(COc3cc4c(cn3)OCCC4CC(=O)O)CC2)c1. The highest BCUT2D eigenvalue weighted by Crippen LogP contribution is 2.40. The highest BCUT2D eigenvalue weighted by Gasteiger charge is 2.34. The zero-order chi connectivity index (χ0) is 29.0. The molecule has 0 amide bonds. The molecule has 3 aliphatic heterocycles. The normalized spacial score (nSPS) is 20.8. The largest absolute Gasteiger partial charge is 0.497 e. The summed E-state index contributed by atoms with van der Waals surface area (Å²) >= 11 is 0. The molecule has 0 radical (unpaired) electrons. The fourth-order valence-electron chi connectivity index (χ4n) is 6.32. The number of nitrogens with zero attached hydrogens (tertiary/aromatic N) is 3. The van der Waals surface area contributed by atoms with Crippen LogP contribution in [0.25, 0.3) is 0 Å². The minimum atomic E-state index is -4.17. The second-order valence-electron chi connectivity index (χ2n) is 11.3. The average Bonchev–Trinajstić information content (AvgIpc) is 2.95. The Bertz CT molecular complexity index is 1190. The molecule has 1 atom stereocenters. The second kappa shape index (κ2) is 12.8. The van der Waals surface area contributed by atoms with Crippen LogP contribution in [0.1, 0.15) is 61.5 Å². The summed E-state index contributed by atoms with van der Waals surface area (Å²) in [5.74, 6) is 1.49. The molecule has 5 rings (SSSR count). The molecule has 8 nitrogen and oxygen atoms in total. The number of anilines is 1. The van der Waals surface area contributed by atoms with E-state index in [1.165, 1.54) is 10.5 Å². The first-order valence-corrected chi connectivity index (χ1v) is 14.4. The number of hydrogen-bond donors (Lipinski definition) is 1. The topological polar surface area (TPSA) is 84.4 Å². The van der Waals surface area contributed by atoms with Gasteiger partial charge in [0, 0.05) is 42.4 Å². The smallest absolute Gasteiger partial charge is 0.401 e. The van der Waals surface area contributed by atoms with E-state index in [0.717, 1.165) is 42.9 Å². The molecule has 2 aromatic rings. The Labute approximate surface area is 238 Å². The molecular formula is C30H38F3N3O5. The number of benzene rings is 1. The van der Waals surface area contributed by atoms with Gasteiger partial charge < -0.3 is 24.2 Å². The van der Waals surface area contributed by atoms with Crippen LogP contribution in [0, 0.1) is 5.92 Å². The van der Waals surface area contributed by atoms with E-state index in [4.69, 9.17) is 14.2 Å². The number of halogens is 3.